The van der Waals surface area contributed by atoms with E-state index in [1.807, 2.05) is 12.1 Å². The first kappa shape index (κ1) is 19.7. The lowest BCUT2D eigenvalue weighted by molar-refractivity contribution is -0.137. The van der Waals surface area contributed by atoms with Crippen LogP contribution in [0.3, 0.4) is 0 Å². The van der Waals surface area contributed by atoms with E-state index in [1.165, 1.54) is 16.7 Å². The molecule has 0 saturated heterocycles. The Morgan fingerprint density at radius 2 is 1.71 bits per heavy atom. The standard InChI is InChI=1S/C22H20F3N2O/c1-4-16-9-11-17(12-10-16)26-21(28)18-13-14(2)27(15(18)3)20-8-6-5-7-19(20)22(23,24)25/h5-13H,1,4H2,2-3H3,(H,26,28). The summed E-state index contributed by atoms with van der Waals surface area (Å²) in [5, 5.41) is 2.79. The number of para-hydroxylation sites is 1. The highest BCUT2D eigenvalue weighted by Gasteiger charge is 2.34. The fraction of sp³-hybridized carbons (Fsp3) is 0.182. The maximum absolute atomic E-state index is 13.4. The van der Waals surface area contributed by atoms with Gasteiger partial charge >= 0.3 is 6.18 Å². The predicted molar refractivity (Wildman–Crippen MR) is 104 cm³/mol. The second-order valence-electron chi connectivity index (χ2n) is 6.54. The van der Waals surface area contributed by atoms with Crippen LogP contribution in [0.15, 0.2) is 54.6 Å². The number of carbonyl (C=O) groups is 1. The van der Waals surface area contributed by atoms with Crippen molar-refractivity contribution in [1.82, 2.24) is 4.57 Å². The number of alkyl halides is 3. The van der Waals surface area contributed by atoms with Gasteiger partial charge in [0.15, 0.2) is 0 Å². The predicted octanol–water partition coefficient (Wildman–Crippen LogP) is 5.74. The van der Waals surface area contributed by atoms with Crippen LogP contribution >= 0.6 is 0 Å². The summed E-state index contributed by atoms with van der Waals surface area (Å²) >= 11 is 0. The first-order chi connectivity index (χ1) is 13.2. The lowest BCUT2D eigenvalue weighted by Crippen LogP contribution is -2.14. The number of benzene rings is 2. The first-order valence-corrected chi connectivity index (χ1v) is 8.77. The Balaban J connectivity index is 1.97. The molecule has 0 bridgehead atoms. The third-order valence-corrected chi connectivity index (χ3v) is 4.63. The topological polar surface area (TPSA) is 34.0 Å². The van der Waals surface area contributed by atoms with Gasteiger partial charge < -0.3 is 9.88 Å². The number of aromatic nitrogens is 1. The van der Waals surface area contributed by atoms with Gasteiger partial charge in [-0.1, -0.05) is 24.3 Å². The van der Waals surface area contributed by atoms with Crippen molar-refractivity contribution >= 4 is 11.6 Å². The Labute approximate surface area is 161 Å². The highest BCUT2D eigenvalue weighted by Crippen LogP contribution is 2.35. The van der Waals surface area contributed by atoms with E-state index in [9.17, 15) is 18.0 Å². The van der Waals surface area contributed by atoms with E-state index in [0.29, 0.717) is 29.1 Å². The number of rotatable bonds is 4. The van der Waals surface area contributed by atoms with Crippen molar-refractivity contribution in [2.45, 2.75) is 26.4 Å². The molecular formula is C22H20F3N2O. The van der Waals surface area contributed by atoms with Gasteiger partial charge in [0.2, 0.25) is 0 Å². The molecule has 0 fully saturated rings. The second kappa shape index (κ2) is 7.54. The summed E-state index contributed by atoms with van der Waals surface area (Å²) in [6, 6.07) is 14.2. The van der Waals surface area contributed by atoms with Crippen LogP contribution < -0.4 is 5.32 Å². The van der Waals surface area contributed by atoms with Crippen LogP contribution in [-0.4, -0.2) is 10.5 Å². The maximum Gasteiger partial charge on any atom is 0.418 e. The first-order valence-electron chi connectivity index (χ1n) is 8.77. The largest absolute Gasteiger partial charge is 0.418 e. The molecule has 2 aromatic carbocycles. The molecule has 3 rings (SSSR count). The summed E-state index contributed by atoms with van der Waals surface area (Å²) in [4.78, 5) is 12.7. The van der Waals surface area contributed by atoms with E-state index in [-0.39, 0.29) is 11.6 Å². The van der Waals surface area contributed by atoms with Gasteiger partial charge in [0.25, 0.3) is 5.91 Å². The number of nitrogens with one attached hydrogen (secondary N) is 1. The average molecular weight is 385 g/mol. The molecule has 0 saturated carbocycles. The van der Waals surface area contributed by atoms with Crippen LogP contribution in [-0.2, 0) is 12.6 Å². The maximum atomic E-state index is 13.4. The van der Waals surface area contributed by atoms with E-state index in [2.05, 4.69) is 12.2 Å². The highest BCUT2D eigenvalue weighted by atomic mass is 19.4. The van der Waals surface area contributed by atoms with Crippen LogP contribution in [0.4, 0.5) is 18.9 Å². The molecule has 0 atom stereocenters. The summed E-state index contributed by atoms with van der Waals surface area (Å²) < 4.78 is 41.7. The summed E-state index contributed by atoms with van der Waals surface area (Å²) in [5.74, 6) is -0.369. The summed E-state index contributed by atoms with van der Waals surface area (Å²) in [6.07, 6.45) is -3.84. The molecule has 0 aliphatic carbocycles. The average Bonchev–Trinajstić information content (AvgIpc) is 2.96. The number of aryl methyl sites for hydroxylation is 1. The van der Waals surface area contributed by atoms with Crippen LogP contribution in [0, 0.1) is 20.8 Å². The number of hydrogen-bond acceptors (Lipinski definition) is 1. The van der Waals surface area contributed by atoms with Crippen molar-refractivity contribution < 1.29 is 18.0 Å². The van der Waals surface area contributed by atoms with E-state index in [4.69, 9.17) is 0 Å². The fourth-order valence-electron chi connectivity index (χ4n) is 3.22. The van der Waals surface area contributed by atoms with Crippen LogP contribution in [0.5, 0.6) is 0 Å². The number of halogens is 3. The van der Waals surface area contributed by atoms with Crippen LogP contribution in [0.2, 0.25) is 0 Å². The molecular weight excluding hydrogens is 365 g/mol. The molecule has 6 heteroatoms. The Bertz CT molecular complexity index is 1000. The second-order valence-corrected chi connectivity index (χ2v) is 6.54. The van der Waals surface area contributed by atoms with Gasteiger partial charge in [0.05, 0.1) is 16.8 Å². The third kappa shape index (κ3) is 3.81. The minimum atomic E-state index is -4.49. The normalized spacial score (nSPS) is 11.5. The minimum Gasteiger partial charge on any atom is -0.322 e. The smallest absolute Gasteiger partial charge is 0.322 e. The summed E-state index contributed by atoms with van der Waals surface area (Å²) in [7, 11) is 0. The quantitative estimate of drug-likeness (QED) is 0.610. The molecule has 0 unspecified atom stereocenters. The lowest BCUT2D eigenvalue weighted by Gasteiger charge is -2.16. The minimum absolute atomic E-state index is 0.00356. The van der Waals surface area contributed by atoms with E-state index in [0.717, 1.165) is 11.6 Å². The van der Waals surface area contributed by atoms with Crippen molar-refractivity contribution in [3.63, 3.8) is 0 Å². The molecule has 145 valence electrons. The highest BCUT2D eigenvalue weighted by molar-refractivity contribution is 6.05. The van der Waals surface area contributed by atoms with Crippen LogP contribution in [0.1, 0.15) is 32.9 Å². The van der Waals surface area contributed by atoms with Crippen molar-refractivity contribution in [2.24, 2.45) is 0 Å². The van der Waals surface area contributed by atoms with Crippen molar-refractivity contribution in [3.05, 3.63) is 89.6 Å². The molecule has 1 N–H and O–H groups in total. The van der Waals surface area contributed by atoms with E-state index >= 15 is 0 Å². The number of hydrogen-bond donors (Lipinski definition) is 1. The van der Waals surface area contributed by atoms with Gasteiger partial charge in [0, 0.05) is 17.1 Å². The van der Waals surface area contributed by atoms with Crippen molar-refractivity contribution in [2.75, 3.05) is 5.32 Å². The molecule has 3 nitrogen and oxygen atoms in total. The Kier molecular flexibility index (Phi) is 5.31. The number of amides is 1. The summed E-state index contributed by atoms with van der Waals surface area (Å²) in [6.45, 7) is 7.12. The molecule has 1 aromatic heterocycles. The monoisotopic (exact) mass is 385 g/mol. The Hall–Kier alpha value is -3.02. The van der Waals surface area contributed by atoms with Crippen molar-refractivity contribution in [1.29, 1.82) is 0 Å². The van der Waals surface area contributed by atoms with Gasteiger partial charge in [-0.25, -0.2) is 0 Å². The zero-order valence-electron chi connectivity index (χ0n) is 15.6. The number of nitrogens with zero attached hydrogens (tertiary/aromatic N) is 1. The Morgan fingerprint density at radius 3 is 2.32 bits per heavy atom. The molecule has 3 aromatic rings. The number of carbonyl (C=O) groups excluding carboxylic acids is 1. The van der Waals surface area contributed by atoms with E-state index < -0.39 is 11.7 Å². The molecule has 1 amide bonds. The van der Waals surface area contributed by atoms with Crippen LogP contribution in [0.25, 0.3) is 5.69 Å². The fourth-order valence-corrected chi connectivity index (χ4v) is 3.22. The molecule has 0 spiro atoms. The zero-order valence-corrected chi connectivity index (χ0v) is 15.6. The van der Waals surface area contributed by atoms with Gasteiger partial charge in [-0.05, 0) is 63.1 Å². The number of anilines is 1. The molecule has 1 radical (unpaired) electrons. The van der Waals surface area contributed by atoms with Gasteiger partial charge in [0.1, 0.15) is 0 Å². The van der Waals surface area contributed by atoms with E-state index in [1.54, 1.807) is 38.1 Å². The van der Waals surface area contributed by atoms with Gasteiger partial charge in [-0.3, -0.25) is 4.79 Å². The lowest BCUT2D eigenvalue weighted by atomic mass is 10.1. The zero-order chi connectivity index (χ0) is 20.5. The van der Waals surface area contributed by atoms with Crippen molar-refractivity contribution in [3.8, 4) is 5.69 Å². The third-order valence-electron chi connectivity index (χ3n) is 4.63. The molecule has 28 heavy (non-hydrogen) atoms. The Morgan fingerprint density at radius 1 is 1.07 bits per heavy atom. The van der Waals surface area contributed by atoms with Gasteiger partial charge in [-0.15, -0.1) is 0 Å². The molecule has 0 aliphatic heterocycles. The molecule has 1 heterocycles. The molecule has 0 aliphatic rings. The SMILES string of the molecule is [CH2]Cc1ccc(NC(=O)c2cc(C)n(-c3ccccc3C(F)(F)F)c2C)cc1. The van der Waals surface area contributed by atoms with Gasteiger partial charge in [-0.2, -0.15) is 13.2 Å². The summed E-state index contributed by atoms with van der Waals surface area (Å²) in [5.41, 5.74) is 2.24.